The lowest BCUT2D eigenvalue weighted by Crippen LogP contribution is -2.60. The van der Waals surface area contributed by atoms with Crippen LogP contribution < -0.4 is 14.9 Å². The molecule has 2 unspecified atom stereocenters. The van der Waals surface area contributed by atoms with Crippen LogP contribution in [-0.4, -0.2) is 109 Å². The van der Waals surface area contributed by atoms with Crippen LogP contribution in [0, 0.1) is 0 Å². The van der Waals surface area contributed by atoms with Gasteiger partial charge in [-0.25, -0.2) is 0 Å². The van der Waals surface area contributed by atoms with E-state index in [1.165, 1.54) is 42.5 Å². The Balaban J connectivity index is 1.57. The number of aliphatic hydroxyl groups is 7. The highest BCUT2D eigenvalue weighted by atomic mass is 16.7. The van der Waals surface area contributed by atoms with Crippen molar-refractivity contribution >= 4 is 11.0 Å². The van der Waals surface area contributed by atoms with Crippen molar-refractivity contribution < 1.29 is 64.2 Å². The van der Waals surface area contributed by atoms with Crippen molar-refractivity contribution in [2.24, 2.45) is 0 Å². The first kappa shape index (κ1) is 28.2. The molecule has 2 fully saturated rings. The largest absolute Gasteiger partial charge is 0.508 e. The standard InChI is InChI=1S/C26H28O14/c27-8-18-21(32)22(33)24(35)26(40-18)39-17-6-12(37-25-23(34)20(31)14(30)9-36-25)5-16-19(17)13(29)7-15(38-16)10-1-3-11(28)4-2-10/h1-7,14,18,20-28,30-35H,8-9H2/t14-,18-,20-,21-,22+,23+,24-,25?,26?/m1/s1. The lowest BCUT2D eigenvalue weighted by molar-refractivity contribution is -0.277. The van der Waals surface area contributed by atoms with Crippen molar-refractivity contribution in [1.82, 2.24) is 0 Å². The molecule has 216 valence electrons. The highest BCUT2D eigenvalue weighted by molar-refractivity contribution is 5.86. The Bertz CT molecular complexity index is 1390. The zero-order valence-electron chi connectivity index (χ0n) is 20.7. The lowest BCUT2D eigenvalue weighted by atomic mass is 9.99. The molecule has 14 heteroatoms. The van der Waals surface area contributed by atoms with Crippen LogP contribution in [0.2, 0.25) is 0 Å². The van der Waals surface area contributed by atoms with Gasteiger partial charge in [-0.05, 0) is 24.3 Å². The zero-order chi connectivity index (χ0) is 28.7. The molecule has 14 nitrogen and oxygen atoms in total. The van der Waals surface area contributed by atoms with E-state index in [2.05, 4.69) is 0 Å². The normalized spacial score (nSPS) is 32.6. The van der Waals surface area contributed by atoms with Crippen LogP contribution in [0.5, 0.6) is 17.2 Å². The van der Waals surface area contributed by atoms with Crippen LogP contribution in [0.15, 0.2) is 51.7 Å². The summed E-state index contributed by atoms with van der Waals surface area (Å²) in [7, 11) is 0. The van der Waals surface area contributed by atoms with Crippen molar-refractivity contribution in [1.29, 1.82) is 0 Å². The maximum absolute atomic E-state index is 13.3. The van der Waals surface area contributed by atoms with Crippen molar-refractivity contribution in [3.05, 3.63) is 52.7 Å². The molecule has 0 spiro atoms. The predicted octanol–water partition coefficient (Wildman–Crippen LogP) is -1.84. The molecule has 2 aromatic carbocycles. The molecule has 0 aliphatic carbocycles. The van der Waals surface area contributed by atoms with E-state index in [-0.39, 0.29) is 40.6 Å². The molecule has 0 saturated carbocycles. The van der Waals surface area contributed by atoms with Crippen LogP contribution in [-0.2, 0) is 9.47 Å². The monoisotopic (exact) mass is 564 g/mol. The van der Waals surface area contributed by atoms with E-state index in [0.717, 1.165) is 0 Å². The second kappa shape index (κ2) is 11.3. The van der Waals surface area contributed by atoms with Gasteiger partial charge in [0, 0.05) is 23.8 Å². The Morgan fingerprint density at radius 1 is 0.825 bits per heavy atom. The minimum absolute atomic E-state index is 0.00358. The summed E-state index contributed by atoms with van der Waals surface area (Å²) in [6.07, 6.45) is -14.1. The van der Waals surface area contributed by atoms with E-state index in [4.69, 9.17) is 23.4 Å². The molecule has 0 radical (unpaired) electrons. The second-order valence-electron chi connectivity index (χ2n) is 9.50. The number of ether oxygens (including phenoxy) is 4. The first-order chi connectivity index (χ1) is 19.1. The first-order valence-corrected chi connectivity index (χ1v) is 12.3. The Morgan fingerprint density at radius 3 is 2.23 bits per heavy atom. The van der Waals surface area contributed by atoms with E-state index in [9.17, 15) is 45.6 Å². The summed E-state index contributed by atoms with van der Waals surface area (Å²) in [5.74, 6) is -0.239. The van der Waals surface area contributed by atoms with Gasteiger partial charge in [0.05, 0.1) is 13.2 Å². The SMILES string of the molecule is O=c1cc(-c2ccc(O)cc2)oc2cc(OC3OC[C@@H](O)[C@@H](O)[C@@H]3O)cc(OC3O[C@H](CO)[C@@H](O)[C@H](O)[C@H]3O)c12. The topological polar surface area (TPSA) is 229 Å². The minimum Gasteiger partial charge on any atom is -0.508 e. The first-order valence-electron chi connectivity index (χ1n) is 12.3. The Hall–Kier alpha value is -3.31. The summed E-state index contributed by atoms with van der Waals surface area (Å²) in [5, 5.41) is 79.7. The maximum Gasteiger partial charge on any atom is 0.229 e. The van der Waals surface area contributed by atoms with E-state index in [0.29, 0.717) is 5.56 Å². The summed E-state index contributed by atoms with van der Waals surface area (Å²) in [5.41, 5.74) is -0.232. The molecule has 9 atom stereocenters. The Labute approximate surface area is 225 Å². The third-order valence-electron chi connectivity index (χ3n) is 6.72. The fraction of sp³-hybridized carbons (Fsp3) is 0.423. The van der Waals surface area contributed by atoms with Gasteiger partial charge in [0.25, 0.3) is 0 Å². The van der Waals surface area contributed by atoms with Gasteiger partial charge in [0.15, 0.2) is 5.43 Å². The molecule has 2 aliphatic heterocycles. The van der Waals surface area contributed by atoms with Crippen molar-refractivity contribution in [2.75, 3.05) is 13.2 Å². The minimum atomic E-state index is -1.79. The number of fused-ring (bicyclic) bond motifs is 1. The van der Waals surface area contributed by atoms with Crippen LogP contribution >= 0.6 is 0 Å². The average Bonchev–Trinajstić information content (AvgIpc) is 2.93. The van der Waals surface area contributed by atoms with Crippen LogP contribution in [0.1, 0.15) is 0 Å². The van der Waals surface area contributed by atoms with E-state index in [1.807, 2.05) is 0 Å². The predicted molar refractivity (Wildman–Crippen MR) is 132 cm³/mol. The van der Waals surface area contributed by atoms with Crippen LogP contribution in [0.25, 0.3) is 22.3 Å². The quantitative estimate of drug-likeness (QED) is 0.165. The number of phenolic OH excluding ortho intramolecular Hbond substituents is 1. The number of phenols is 1. The molecule has 0 amide bonds. The number of hydrogen-bond acceptors (Lipinski definition) is 14. The summed E-state index contributed by atoms with van der Waals surface area (Å²) >= 11 is 0. The van der Waals surface area contributed by atoms with Gasteiger partial charge in [-0.2, -0.15) is 0 Å². The van der Waals surface area contributed by atoms with Gasteiger partial charge >= 0.3 is 0 Å². The third-order valence-corrected chi connectivity index (χ3v) is 6.72. The van der Waals surface area contributed by atoms with Crippen molar-refractivity contribution in [2.45, 2.75) is 55.3 Å². The van der Waals surface area contributed by atoms with Gasteiger partial charge in [-0.3, -0.25) is 4.79 Å². The smallest absolute Gasteiger partial charge is 0.229 e. The van der Waals surface area contributed by atoms with Gasteiger partial charge < -0.3 is 64.2 Å². The molecule has 2 saturated heterocycles. The van der Waals surface area contributed by atoms with Gasteiger partial charge in [0.1, 0.15) is 76.7 Å². The fourth-order valence-corrected chi connectivity index (χ4v) is 4.46. The molecule has 1 aromatic heterocycles. The van der Waals surface area contributed by atoms with Crippen LogP contribution in [0.3, 0.4) is 0 Å². The second-order valence-corrected chi connectivity index (χ2v) is 9.50. The molecular formula is C26H28O14. The number of aromatic hydroxyl groups is 1. The van der Waals surface area contributed by atoms with Gasteiger partial charge in [-0.1, -0.05) is 0 Å². The van der Waals surface area contributed by atoms with Crippen molar-refractivity contribution in [3.63, 3.8) is 0 Å². The molecule has 5 rings (SSSR count). The molecule has 3 heterocycles. The maximum atomic E-state index is 13.3. The third kappa shape index (κ3) is 5.36. The summed E-state index contributed by atoms with van der Waals surface area (Å²) in [6, 6.07) is 9.47. The highest BCUT2D eigenvalue weighted by Crippen LogP contribution is 2.35. The Kier molecular flexibility index (Phi) is 7.96. The number of rotatable bonds is 6. The summed E-state index contributed by atoms with van der Waals surface area (Å²) in [6.45, 7) is -1.05. The number of benzene rings is 2. The van der Waals surface area contributed by atoms with Crippen LogP contribution in [0.4, 0.5) is 0 Å². The van der Waals surface area contributed by atoms with E-state index in [1.54, 1.807) is 0 Å². The number of hydrogen-bond donors (Lipinski definition) is 8. The zero-order valence-corrected chi connectivity index (χ0v) is 20.7. The summed E-state index contributed by atoms with van der Waals surface area (Å²) in [4.78, 5) is 13.3. The number of aliphatic hydroxyl groups excluding tert-OH is 7. The molecule has 40 heavy (non-hydrogen) atoms. The molecular weight excluding hydrogens is 536 g/mol. The van der Waals surface area contributed by atoms with E-state index < -0.39 is 67.3 Å². The highest BCUT2D eigenvalue weighted by Gasteiger charge is 2.45. The molecule has 0 bridgehead atoms. The summed E-state index contributed by atoms with van der Waals surface area (Å²) < 4.78 is 28.1. The Morgan fingerprint density at radius 2 is 1.52 bits per heavy atom. The van der Waals surface area contributed by atoms with Crippen molar-refractivity contribution in [3.8, 4) is 28.6 Å². The van der Waals surface area contributed by atoms with Gasteiger partial charge in [0.2, 0.25) is 12.6 Å². The molecule has 2 aliphatic rings. The molecule has 3 aromatic rings. The van der Waals surface area contributed by atoms with E-state index >= 15 is 0 Å². The average molecular weight is 564 g/mol. The van der Waals surface area contributed by atoms with Gasteiger partial charge in [-0.15, -0.1) is 0 Å². The molecule has 8 N–H and O–H groups in total. The lowest BCUT2D eigenvalue weighted by Gasteiger charge is -2.39. The fourth-order valence-electron chi connectivity index (χ4n) is 4.46.